The summed E-state index contributed by atoms with van der Waals surface area (Å²) in [5, 5.41) is 18.4. The van der Waals surface area contributed by atoms with E-state index in [0.29, 0.717) is 12.1 Å². The van der Waals surface area contributed by atoms with E-state index in [9.17, 15) is 23.3 Å². The average molecular weight is 405 g/mol. The van der Waals surface area contributed by atoms with Crippen LogP contribution in [0.1, 0.15) is 5.56 Å². The van der Waals surface area contributed by atoms with Crippen LogP contribution in [0.15, 0.2) is 47.0 Å². The van der Waals surface area contributed by atoms with Gasteiger partial charge in [0.25, 0.3) is 5.69 Å². The summed E-state index contributed by atoms with van der Waals surface area (Å²) in [6.45, 7) is 0. The fourth-order valence-electron chi connectivity index (χ4n) is 2.16. The van der Waals surface area contributed by atoms with E-state index in [1.54, 1.807) is 0 Å². The quantitative estimate of drug-likeness (QED) is 0.377. The van der Waals surface area contributed by atoms with Crippen molar-refractivity contribution in [1.82, 2.24) is 19.9 Å². The minimum absolute atomic E-state index is 0.0626. The highest BCUT2D eigenvalue weighted by Crippen LogP contribution is 2.37. The molecule has 0 aliphatic heterocycles. The number of alkyl halides is 3. The Bertz CT molecular complexity index is 1080. The zero-order valence-electron chi connectivity index (χ0n) is 14.2. The van der Waals surface area contributed by atoms with Crippen LogP contribution in [0, 0.1) is 10.1 Å². The number of anilines is 2. The molecule has 4 N–H and O–H groups in total. The van der Waals surface area contributed by atoms with Crippen molar-refractivity contribution >= 4 is 28.7 Å². The van der Waals surface area contributed by atoms with E-state index in [0.717, 1.165) is 6.07 Å². The number of hydrogen-bond donors (Lipinski definition) is 2. The van der Waals surface area contributed by atoms with E-state index in [2.05, 4.69) is 30.2 Å². The van der Waals surface area contributed by atoms with Gasteiger partial charge in [-0.3, -0.25) is 15.1 Å². The lowest BCUT2D eigenvalue weighted by molar-refractivity contribution is -0.384. The minimum atomic E-state index is -4.75. The Balaban J connectivity index is 1.99. The summed E-state index contributed by atoms with van der Waals surface area (Å²) in [5.41, 5.74) is 9.14. The van der Waals surface area contributed by atoms with E-state index in [1.165, 1.54) is 18.6 Å². The molecule has 0 saturated heterocycles. The topological polar surface area (TPSA) is 171 Å². The lowest BCUT2D eigenvalue weighted by Gasteiger charge is -2.07. The van der Waals surface area contributed by atoms with Crippen molar-refractivity contribution in [2.75, 3.05) is 11.5 Å². The van der Waals surface area contributed by atoms with Gasteiger partial charge in [-0.05, 0) is 12.1 Å². The smallest absolute Gasteiger partial charge is 0.382 e. The van der Waals surface area contributed by atoms with Crippen molar-refractivity contribution in [2.45, 2.75) is 6.18 Å². The number of benzene rings is 1. The van der Waals surface area contributed by atoms with Crippen molar-refractivity contribution in [1.29, 1.82) is 0 Å². The molecular weight excluding hydrogens is 395 g/mol. The summed E-state index contributed by atoms with van der Waals surface area (Å²) in [6, 6.07) is 1.81. The van der Waals surface area contributed by atoms with Crippen LogP contribution in [-0.2, 0) is 6.18 Å². The molecule has 0 spiro atoms. The molecule has 11 nitrogen and oxygen atoms in total. The molecule has 29 heavy (non-hydrogen) atoms. The predicted molar refractivity (Wildman–Crippen MR) is 94.2 cm³/mol. The van der Waals surface area contributed by atoms with Crippen LogP contribution in [0.5, 0.6) is 0 Å². The number of nitrogens with two attached hydrogens (primary N) is 2. The molecule has 14 heteroatoms. The number of halogens is 3. The van der Waals surface area contributed by atoms with Crippen molar-refractivity contribution in [3.05, 3.63) is 52.5 Å². The minimum Gasteiger partial charge on any atom is -0.382 e. The van der Waals surface area contributed by atoms with Gasteiger partial charge in [-0.1, -0.05) is 0 Å². The van der Waals surface area contributed by atoms with Crippen LogP contribution < -0.4 is 11.5 Å². The largest absolute Gasteiger partial charge is 0.416 e. The van der Waals surface area contributed by atoms with Crippen molar-refractivity contribution < 1.29 is 18.1 Å². The number of azo groups is 1. The number of nitro groups is 1. The van der Waals surface area contributed by atoms with Gasteiger partial charge in [0.15, 0.2) is 28.8 Å². The summed E-state index contributed by atoms with van der Waals surface area (Å²) in [4.78, 5) is 25.9. The Morgan fingerprint density at radius 2 is 1.76 bits per heavy atom. The molecule has 148 valence electrons. The molecule has 0 bridgehead atoms. The molecule has 0 amide bonds. The molecular formula is C15H10F3N9O2. The van der Waals surface area contributed by atoms with Crippen LogP contribution in [0.4, 0.5) is 41.9 Å². The Labute approximate surface area is 159 Å². The second-order valence-electron chi connectivity index (χ2n) is 5.42. The first kappa shape index (κ1) is 19.5. The first-order valence-electron chi connectivity index (χ1n) is 7.63. The Hall–Kier alpha value is -4.23. The van der Waals surface area contributed by atoms with E-state index in [1.807, 2.05) is 0 Å². The molecule has 0 aliphatic carbocycles. The SMILES string of the molecule is Nc1nc(-c2cnccn2)nc(N)c1/N=N/c1ccc(C(F)(F)F)cc1[N+](=O)[O-]. The molecule has 0 saturated carbocycles. The average Bonchev–Trinajstić information content (AvgIpc) is 2.67. The standard InChI is InChI=1S/C15H10F3N9O2/c16-15(17,18)7-1-2-8(10(5-7)27(28)29)25-26-11-12(19)23-14(24-13(11)20)9-6-21-3-4-22-9/h1-6H,(H4,19,20,23,24)/b26-25+. The molecule has 0 unspecified atom stereocenters. The van der Waals surface area contributed by atoms with Crippen LogP contribution in [0.25, 0.3) is 11.5 Å². The molecule has 0 aliphatic rings. The number of nitrogens with zero attached hydrogens (tertiary/aromatic N) is 7. The number of aromatic nitrogens is 4. The van der Waals surface area contributed by atoms with Crippen molar-refractivity contribution in [3.8, 4) is 11.5 Å². The number of nitro benzene ring substituents is 1. The highest BCUT2D eigenvalue weighted by Gasteiger charge is 2.33. The fourth-order valence-corrected chi connectivity index (χ4v) is 2.16. The van der Waals surface area contributed by atoms with Crippen molar-refractivity contribution in [2.24, 2.45) is 10.2 Å². The highest BCUT2D eigenvalue weighted by atomic mass is 19.4. The predicted octanol–water partition coefficient (Wildman–Crippen LogP) is 3.44. The maximum Gasteiger partial charge on any atom is 0.416 e. The van der Waals surface area contributed by atoms with E-state index in [4.69, 9.17) is 11.5 Å². The number of hydrogen-bond acceptors (Lipinski definition) is 10. The lowest BCUT2D eigenvalue weighted by Crippen LogP contribution is -2.05. The maximum atomic E-state index is 12.8. The molecule has 2 aromatic heterocycles. The van der Waals surface area contributed by atoms with Crippen LogP contribution in [0.3, 0.4) is 0 Å². The fraction of sp³-hybridized carbons (Fsp3) is 0.0667. The molecule has 0 fully saturated rings. The van der Waals surface area contributed by atoms with Crippen molar-refractivity contribution in [3.63, 3.8) is 0 Å². The van der Waals surface area contributed by atoms with Gasteiger partial charge in [0.05, 0.1) is 16.7 Å². The lowest BCUT2D eigenvalue weighted by atomic mass is 10.1. The summed E-state index contributed by atoms with van der Waals surface area (Å²) < 4.78 is 38.3. The first-order valence-corrected chi connectivity index (χ1v) is 7.63. The molecule has 3 aromatic rings. The van der Waals surface area contributed by atoms with E-state index < -0.39 is 28.0 Å². The second-order valence-corrected chi connectivity index (χ2v) is 5.42. The van der Waals surface area contributed by atoms with Crippen LogP contribution in [0.2, 0.25) is 0 Å². The molecule has 3 rings (SSSR count). The third kappa shape index (κ3) is 4.20. The summed E-state index contributed by atoms with van der Waals surface area (Å²) in [6.07, 6.45) is -0.529. The molecule has 0 atom stereocenters. The summed E-state index contributed by atoms with van der Waals surface area (Å²) in [5.74, 6) is -0.361. The van der Waals surface area contributed by atoms with Gasteiger partial charge in [-0.25, -0.2) is 15.0 Å². The highest BCUT2D eigenvalue weighted by molar-refractivity contribution is 5.73. The molecule has 0 radical (unpaired) electrons. The third-order valence-electron chi connectivity index (χ3n) is 3.49. The summed E-state index contributed by atoms with van der Waals surface area (Å²) >= 11 is 0. The Morgan fingerprint density at radius 3 is 2.31 bits per heavy atom. The maximum absolute atomic E-state index is 12.8. The Kier molecular flexibility index (Phi) is 4.99. The molecule has 2 heterocycles. The van der Waals surface area contributed by atoms with Gasteiger partial charge in [-0.2, -0.15) is 13.2 Å². The van der Waals surface area contributed by atoms with E-state index >= 15 is 0 Å². The molecule has 1 aromatic carbocycles. The second kappa shape index (κ2) is 7.41. The summed E-state index contributed by atoms with van der Waals surface area (Å²) in [7, 11) is 0. The van der Waals surface area contributed by atoms with Crippen LogP contribution in [-0.4, -0.2) is 24.9 Å². The zero-order valence-corrected chi connectivity index (χ0v) is 14.2. The van der Waals surface area contributed by atoms with Gasteiger partial charge < -0.3 is 11.5 Å². The monoisotopic (exact) mass is 405 g/mol. The number of rotatable bonds is 4. The Morgan fingerprint density at radius 1 is 1.07 bits per heavy atom. The van der Waals surface area contributed by atoms with Gasteiger partial charge in [0.2, 0.25) is 0 Å². The van der Waals surface area contributed by atoms with E-state index in [-0.39, 0.29) is 28.8 Å². The van der Waals surface area contributed by atoms with Gasteiger partial charge >= 0.3 is 6.18 Å². The first-order chi connectivity index (χ1) is 13.7. The third-order valence-corrected chi connectivity index (χ3v) is 3.49. The number of nitrogen functional groups attached to an aromatic ring is 2. The van der Waals surface area contributed by atoms with Gasteiger partial charge in [0, 0.05) is 18.5 Å². The van der Waals surface area contributed by atoms with Crippen LogP contribution >= 0.6 is 0 Å². The van der Waals surface area contributed by atoms with Gasteiger partial charge in [0.1, 0.15) is 5.69 Å². The zero-order chi connectivity index (χ0) is 21.2. The normalized spacial score (nSPS) is 11.7. The van der Waals surface area contributed by atoms with Gasteiger partial charge in [-0.15, -0.1) is 10.2 Å².